The average Bonchev–Trinajstić information content (AvgIpc) is 2.60. The molecule has 0 saturated heterocycles. The van der Waals surface area contributed by atoms with Crippen molar-refractivity contribution in [1.82, 2.24) is 4.98 Å². The summed E-state index contributed by atoms with van der Waals surface area (Å²) in [6, 6.07) is 12.8. The number of anilines is 2. The third-order valence-corrected chi connectivity index (χ3v) is 4.37. The second-order valence-electron chi connectivity index (χ2n) is 6.31. The smallest absolute Gasteiger partial charge is 0.130 e. The third-order valence-electron chi connectivity index (χ3n) is 4.37. The maximum Gasteiger partial charge on any atom is 0.130 e. The highest BCUT2D eigenvalue weighted by Crippen LogP contribution is 2.21. The van der Waals surface area contributed by atoms with Crippen LogP contribution in [0.25, 0.3) is 0 Å². The van der Waals surface area contributed by atoms with Crippen LogP contribution in [0.4, 0.5) is 11.5 Å². The molecule has 0 fully saturated rings. The molecule has 0 unspecified atom stereocenters. The number of allylic oxidation sites excluding steroid dienone is 4. The molecule has 2 nitrogen and oxygen atoms in total. The second kappa shape index (κ2) is 7.78. The molecule has 0 saturated carbocycles. The van der Waals surface area contributed by atoms with Gasteiger partial charge < -0.3 is 5.32 Å². The van der Waals surface area contributed by atoms with Crippen molar-refractivity contribution in [3.63, 3.8) is 0 Å². The van der Waals surface area contributed by atoms with Gasteiger partial charge in [-0.05, 0) is 73.1 Å². The molecular weight excluding hydrogens is 292 g/mol. The summed E-state index contributed by atoms with van der Waals surface area (Å²) in [5.41, 5.74) is 6.14. The van der Waals surface area contributed by atoms with Gasteiger partial charge in [0.1, 0.15) is 5.82 Å². The molecule has 122 valence electrons. The summed E-state index contributed by atoms with van der Waals surface area (Å²) in [7, 11) is 0. The molecule has 0 radical (unpaired) electrons. The van der Waals surface area contributed by atoms with Crippen molar-refractivity contribution >= 4 is 11.5 Å². The minimum atomic E-state index is 0.890. The zero-order valence-electron chi connectivity index (χ0n) is 14.1. The van der Waals surface area contributed by atoms with Crippen molar-refractivity contribution in [3.05, 3.63) is 90.2 Å². The van der Waals surface area contributed by atoms with E-state index in [4.69, 9.17) is 0 Å². The van der Waals surface area contributed by atoms with Gasteiger partial charge >= 0.3 is 0 Å². The van der Waals surface area contributed by atoms with Crippen molar-refractivity contribution in [2.45, 2.75) is 32.1 Å². The average molecular weight is 316 g/mol. The van der Waals surface area contributed by atoms with E-state index in [1.54, 1.807) is 0 Å². The minimum Gasteiger partial charge on any atom is -0.340 e. The molecule has 1 aromatic carbocycles. The Kier molecular flexibility index (Phi) is 5.27. The fourth-order valence-corrected chi connectivity index (χ4v) is 2.98. The van der Waals surface area contributed by atoms with Crippen LogP contribution in [0, 0.1) is 0 Å². The van der Waals surface area contributed by atoms with Gasteiger partial charge in [0, 0.05) is 11.9 Å². The maximum atomic E-state index is 4.42. The van der Waals surface area contributed by atoms with Crippen molar-refractivity contribution < 1.29 is 0 Å². The number of aryl methyl sites for hydroxylation is 2. The van der Waals surface area contributed by atoms with Gasteiger partial charge in [0.25, 0.3) is 0 Å². The molecule has 2 aromatic rings. The second-order valence-corrected chi connectivity index (χ2v) is 6.31. The van der Waals surface area contributed by atoms with Crippen LogP contribution in [0.1, 0.15) is 30.4 Å². The topological polar surface area (TPSA) is 24.9 Å². The first-order valence-corrected chi connectivity index (χ1v) is 8.54. The van der Waals surface area contributed by atoms with Crippen LogP contribution in [0.3, 0.4) is 0 Å². The maximum absolute atomic E-state index is 4.42. The third kappa shape index (κ3) is 4.45. The van der Waals surface area contributed by atoms with E-state index < -0.39 is 0 Å². The summed E-state index contributed by atoms with van der Waals surface area (Å²) in [5, 5.41) is 3.39. The summed E-state index contributed by atoms with van der Waals surface area (Å²) in [6.07, 6.45) is 11.2. The summed E-state index contributed by atoms with van der Waals surface area (Å²) in [6.45, 7) is 8.16. The standard InChI is InChI=1S/C22H24N2/c1-3-18-7-8-20-13-14-23-22(16-20)24-21-11-9-19(10-12-21)6-4-5-17(2)15-18/h3,9-16H,1-2,4-8H2,(H,23,24)/b18-15+. The van der Waals surface area contributed by atoms with E-state index in [9.17, 15) is 0 Å². The van der Waals surface area contributed by atoms with E-state index in [1.807, 2.05) is 12.3 Å². The highest BCUT2D eigenvalue weighted by molar-refractivity contribution is 5.57. The molecule has 4 rings (SSSR count). The van der Waals surface area contributed by atoms with E-state index in [0.717, 1.165) is 43.6 Å². The van der Waals surface area contributed by atoms with Crippen LogP contribution >= 0.6 is 0 Å². The number of pyridine rings is 1. The Bertz CT molecular complexity index is 754. The largest absolute Gasteiger partial charge is 0.340 e. The van der Waals surface area contributed by atoms with Crippen LogP contribution in [-0.4, -0.2) is 4.98 Å². The molecule has 2 heteroatoms. The number of benzene rings is 1. The Morgan fingerprint density at radius 1 is 0.958 bits per heavy atom. The lowest BCUT2D eigenvalue weighted by molar-refractivity contribution is 0.823. The van der Waals surface area contributed by atoms with Crippen LogP contribution in [0.2, 0.25) is 0 Å². The van der Waals surface area contributed by atoms with Gasteiger partial charge in [-0.3, -0.25) is 0 Å². The Labute approximate surface area is 144 Å². The Balaban J connectivity index is 1.89. The van der Waals surface area contributed by atoms with E-state index in [2.05, 4.69) is 65.9 Å². The van der Waals surface area contributed by atoms with Crippen molar-refractivity contribution in [2.75, 3.05) is 5.32 Å². The van der Waals surface area contributed by atoms with Gasteiger partial charge in [0.15, 0.2) is 0 Å². The summed E-state index contributed by atoms with van der Waals surface area (Å²) in [5.74, 6) is 0.890. The normalized spacial score (nSPS) is 17.7. The fourth-order valence-electron chi connectivity index (χ4n) is 2.98. The number of hydrogen-bond acceptors (Lipinski definition) is 2. The molecule has 0 atom stereocenters. The Hall–Kier alpha value is -2.61. The predicted molar refractivity (Wildman–Crippen MR) is 103 cm³/mol. The summed E-state index contributed by atoms with van der Waals surface area (Å²) in [4.78, 5) is 4.42. The van der Waals surface area contributed by atoms with Crippen LogP contribution in [0.5, 0.6) is 0 Å². The number of fused-ring (bicyclic) bond motifs is 8. The van der Waals surface area contributed by atoms with Gasteiger partial charge in [-0.15, -0.1) is 0 Å². The summed E-state index contributed by atoms with van der Waals surface area (Å²) < 4.78 is 0. The van der Waals surface area contributed by atoms with Gasteiger partial charge in [0.2, 0.25) is 0 Å². The molecule has 1 aromatic heterocycles. The van der Waals surface area contributed by atoms with Gasteiger partial charge in [-0.25, -0.2) is 4.98 Å². The molecule has 0 aliphatic carbocycles. The lowest BCUT2D eigenvalue weighted by Crippen LogP contribution is -1.97. The van der Waals surface area contributed by atoms with Crippen molar-refractivity contribution in [1.29, 1.82) is 0 Å². The first-order valence-electron chi connectivity index (χ1n) is 8.54. The lowest BCUT2D eigenvalue weighted by atomic mass is 10.00. The molecular formula is C22H24N2. The van der Waals surface area contributed by atoms with Crippen molar-refractivity contribution in [3.8, 4) is 0 Å². The molecule has 0 amide bonds. The Morgan fingerprint density at radius 3 is 2.58 bits per heavy atom. The zero-order valence-corrected chi connectivity index (χ0v) is 14.1. The van der Waals surface area contributed by atoms with E-state index in [0.29, 0.717) is 0 Å². The highest BCUT2D eigenvalue weighted by Gasteiger charge is 2.03. The van der Waals surface area contributed by atoms with Crippen LogP contribution in [0.15, 0.2) is 79.1 Å². The minimum absolute atomic E-state index is 0.890. The van der Waals surface area contributed by atoms with E-state index >= 15 is 0 Å². The number of hydrogen-bond donors (Lipinski definition) is 1. The van der Waals surface area contributed by atoms with Crippen LogP contribution < -0.4 is 5.32 Å². The number of rotatable bonds is 1. The predicted octanol–water partition coefficient (Wildman–Crippen LogP) is 5.76. The number of nitrogens with zero attached hydrogens (tertiary/aromatic N) is 1. The van der Waals surface area contributed by atoms with Crippen molar-refractivity contribution in [2.24, 2.45) is 0 Å². The highest BCUT2D eigenvalue weighted by atomic mass is 15.0. The fraction of sp³-hybridized carbons (Fsp3) is 0.227. The molecule has 24 heavy (non-hydrogen) atoms. The quantitative estimate of drug-likeness (QED) is 0.723. The molecule has 0 spiro atoms. The van der Waals surface area contributed by atoms with Gasteiger partial charge in [-0.1, -0.05) is 43.0 Å². The van der Waals surface area contributed by atoms with Gasteiger partial charge in [-0.2, -0.15) is 0 Å². The monoisotopic (exact) mass is 316 g/mol. The SMILES string of the molecule is C=C/C1=C\C(=C)CCCc2ccc(cc2)Nc2cc(ccn2)CC1. The van der Waals surface area contributed by atoms with E-state index in [-0.39, 0.29) is 0 Å². The first-order chi connectivity index (χ1) is 11.7. The Morgan fingerprint density at radius 2 is 1.79 bits per heavy atom. The van der Waals surface area contributed by atoms with Gasteiger partial charge in [0.05, 0.1) is 0 Å². The molecule has 1 N–H and O–H groups in total. The molecule has 4 bridgehead atoms. The molecule has 3 heterocycles. The molecule has 2 aliphatic rings. The number of aromatic nitrogens is 1. The summed E-state index contributed by atoms with van der Waals surface area (Å²) >= 11 is 0. The number of nitrogens with one attached hydrogen (secondary N) is 1. The zero-order chi connectivity index (χ0) is 16.8. The molecule has 2 aliphatic heterocycles. The lowest BCUT2D eigenvalue weighted by Gasteiger charge is -2.10. The first kappa shape index (κ1) is 16.3. The van der Waals surface area contributed by atoms with E-state index in [1.165, 1.54) is 22.3 Å². The van der Waals surface area contributed by atoms with Crippen LogP contribution in [-0.2, 0) is 12.8 Å².